The van der Waals surface area contributed by atoms with Crippen molar-refractivity contribution in [2.75, 3.05) is 11.9 Å². The van der Waals surface area contributed by atoms with E-state index in [1.165, 1.54) is 0 Å². The Kier molecular flexibility index (Phi) is 4.64. The maximum Gasteiger partial charge on any atom is 0.355 e. The molecule has 0 radical (unpaired) electrons. The predicted molar refractivity (Wildman–Crippen MR) is 73.0 cm³/mol. The van der Waals surface area contributed by atoms with E-state index in [1.807, 2.05) is 9.97 Å². The molecule has 0 unspecified atom stereocenters. The number of nitrogens with one attached hydrogen (secondary N) is 3. The minimum absolute atomic E-state index is 0.294. The minimum atomic E-state index is -1.12. The molecule has 1 aromatic carbocycles. The van der Waals surface area contributed by atoms with E-state index in [4.69, 9.17) is 0 Å². The van der Waals surface area contributed by atoms with Gasteiger partial charge < -0.3 is 15.0 Å². The van der Waals surface area contributed by atoms with Crippen molar-refractivity contribution in [1.82, 2.24) is 9.97 Å². The van der Waals surface area contributed by atoms with Crippen LogP contribution in [0.5, 0.6) is 0 Å². The molecule has 0 spiro atoms. The van der Waals surface area contributed by atoms with Gasteiger partial charge in [-0.2, -0.15) is 0 Å². The largest absolute Gasteiger partial charge is 0.451 e. The van der Waals surface area contributed by atoms with Crippen LogP contribution < -0.4 is 16.6 Å². The molecule has 0 bridgehead atoms. The van der Waals surface area contributed by atoms with Gasteiger partial charge >= 0.3 is 11.7 Å². The summed E-state index contributed by atoms with van der Waals surface area (Å²) in [6.45, 7) is -0.801. The number of carbonyl (C=O) groups is 2. The van der Waals surface area contributed by atoms with Crippen LogP contribution in [0.1, 0.15) is 10.5 Å². The molecule has 2 aromatic rings. The number of carbonyl (C=O) groups excluding carboxylic acids is 2. The summed E-state index contributed by atoms with van der Waals surface area (Å²) in [6.07, 6.45) is 0. The molecule has 1 amide bonds. The first kappa shape index (κ1) is 16.1. The first-order valence-electron chi connectivity index (χ1n) is 6.11. The Morgan fingerprint density at radius 3 is 2.52 bits per heavy atom. The van der Waals surface area contributed by atoms with Crippen LogP contribution in [0.2, 0.25) is 0 Å². The van der Waals surface area contributed by atoms with Gasteiger partial charge in [-0.3, -0.25) is 14.6 Å². The molecule has 0 aliphatic heterocycles. The van der Waals surface area contributed by atoms with Gasteiger partial charge in [-0.15, -0.1) is 0 Å². The third kappa shape index (κ3) is 4.33. The van der Waals surface area contributed by atoms with E-state index in [0.29, 0.717) is 6.07 Å². The zero-order chi connectivity index (χ0) is 17.0. The van der Waals surface area contributed by atoms with Crippen LogP contribution >= 0.6 is 0 Å². The topological polar surface area (TPSA) is 121 Å². The van der Waals surface area contributed by atoms with E-state index in [2.05, 4.69) is 10.1 Å². The fourth-order valence-corrected chi connectivity index (χ4v) is 1.56. The molecule has 0 atom stereocenters. The third-order valence-corrected chi connectivity index (χ3v) is 2.52. The average molecular weight is 325 g/mol. The number of anilines is 1. The highest BCUT2D eigenvalue weighted by atomic mass is 19.1. The van der Waals surface area contributed by atoms with Gasteiger partial charge in [0.15, 0.2) is 6.61 Å². The summed E-state index contributed by atoms with van der Waals surface area (Å²) >= 11 is 0. The number of H-pyrrole nitrogens is 2. The molecule has 0 saturated heterocycles. The van der Waals surface area contributed by atoms with Crippen LogP contribution in [0.15, 0.2) is 33.9 Å². The van der Waals surface area contributed by atoms with Gasteiger partial charge in [0, 0.05) is 12.1 Å². The van der Waals surface area contributed by atoms with Crippen molar-refractivity contribution in [3.05, 3.63) is 62.4 Å². The van der Waals surface area contributed by atoms with Crippen molar-refractivity contribution >= 4 is 17.6 Å². The van der Waals surface area contributed by atoms with Gasteiger partial charge in [0.05, 0.1) is 5.69 Å². The number of ether oxygens (including phenoxy) is 1. The lowest BCUT2D eigenvalue weighted by Gasteiger charge is -2.07. The SMILES string of the molecule is O=C(COC(=O)c1cc(=O)[nH]c(=O)[nH]1)Nc1ccc(F)cc1F. The van der Waals surface area contributed by atoms with Crippen molar-refractivity contribution in [2.24, 2.45) is 0 Å². The lowest BCUT2D eigenvalue weighted by atomic mass is 10.3. The first-order chi connectivity index (χ1) is 10.8. The number of hydrogen-bond acceptors (Lipinski definition) is 5. The predicted octanol–water partition coefficient (Wildman–Crippen LogP) is 0.137. The van der Waals surface area contributed by atoms with Gasteiger partial charge in [0.1, 0.15) is 17.3 Å². The normalized spacial score (nSPS) is 10.2. The second-order valence-electron chi connectivity index (χ2n) is 4.25. The van der Waals surface area contributed by atoms with E-state index in [9.17, 15) is 28.0 Å². The molecule has 8 nitrogen and oxygen atoms in total. The number of esters is 1. The van der Waals surface area contributed by atoms with Crippen molar-refractivity contribution < 1.29 is 23.1 Å². The van der Waals surface area contributed by atoms with E-state index in [0.717, 1.165) is 18.2 Å². The highest BCUT2D eigenvalue weighted by Gasteiger charge is 2.13. The second-order valence-corrected chi connectivity index (χ2v) is 4.25. The van der Waals surface area contributed by atoms with Crippen LogP contribution in [-0.4, -0.2) is 28.5 Å². The van der Waals surface area contributed by atoms with Gasteiger partial charge in [-0.25, -0.2) is 18.4 Å². The molecule has 3 N–H and O–H groups in total. The lowest BCUT2D eigenvalue weighted by molar-refractivity contribution is -0.119. The van der Waals surface area contributed by atoms with E-state index in [-0.39, 0.29) is 5.69 Å². The Balaban J connectivity index is 1.97. The second kappa shape index (κ2) is 6.64. The quantitative estimate of drug-likeness (QED) is 0.690. The highest BCUT2D eigenvalue weighted by molar-refractivity contribution is 5.94. The summed E-state index contributed by atoms with van der Waals surface area (Å²) < 4.78 is 30.6. The van der Waals surface area contributed by atoms with Crippen molar-refractivity contribution in [3.63, 3.8) is 0 Å². The fraction of sp³-hybridized carbons (Fsp3) is 0.0769. The zero-order valence-electron chi connectivity index (χ0n) is 11.3. The Labute approximate surface area is 126 Å². The molecule has 120 valence electrons. The minimum Gasteiger partial charge on any atom is -0.451 e. The van der Waals surface area contributed by atoms with Gasteiger partial charge in [-0.1, -0.05) is 0 Å². The van der Waals surface area contributed by atoms with Crippen LogP contribution in [-0.2, 0) is 9.53 Å². The van der Waals surface area contributed by atoms with E-state index < -0.39 is 47.1 Å². The standard InChI is InChI=1S/C13H9F2N3O5/c14-6-1-2-8(7(15)3-6)16-11(20)5-23-12(21)9-4-10(19)18-13(22)17-9/h1-4H,5H2,(H,16,20)(H2,17,18,19,22). The fourth-order valence-electron chi connectivity index (χ4n) is 1.56. The molecule has 23 heavy (non-hydrogen) atoms. The Hall–Kier alpha value is -3.30. The number of rotatable bonds is 4. The van der Waals surface area contributed by atoms with Crippen LogP contribution in [0, 0.1) is 11.6 Å². The van der Waals surface area contributed by atoms with Gasteiger partial charge in [0.2, 0.25) is 0 Å². The van der Waals surface area contributed by atoms with E-state index >= 15 is 0 Å². The van der Waals surface area contributed by atoms with Crippen molar-refractivity contribution in [1.29, 1.82) is 0 Å². The third-order valence-electron chi connectivity index (χ3n) is 2.52. The summed E-state index contributed by atoms with van der Waals surface area (Å²) in [5, 5.41) is 2.07. The highest BCUT2D eigenvalue weighted by Crippen LogP contribution is 2.14. The molecule has 0 fully saturated rings. The Morgan fingerprint density at radius 1 is 1.13 bits per heavy atom. The maximum atomic E-state index is 13.3. The summed E-state index contributed by atoms with van der Waals surface area (Å²) in [7, 11) is 0. The number of benzene rings is 1. The van der Waals surface area contributed by atoms with Crippen LogP contribution in [0.4, 0.5) is 14.5 Å². The van der Waals surface area contributed by atoms with Crippen LogP contribution in [0.25, 0.3) is 0 Å². The maximum absolute atomic E-state index is 13.3. The van der Waals surface area contributed by atoms with Gasteiger partial charge in [0.25, 0.3) is 11.5 Å². The van der Waals surface area contributed by atoms with Gasteiger partial charge in [-0.05, 0) is 12.1 Å². The van der Waals surface area contributed by atoms with E-state index in [1.54, 1.807) is 0 Å². The summed E-state index contributed by atoms with van der Waals surface area (Å²) in [4.78, 5) is 49.0. The first-order valence-corrected chi connectivity index (χ1v) is 6.11. The molecule has 0 saturated carbocycles. The smallest absolute Gasteiger partial charge is 0.355 e. The summed E-state index contributed by atoms with van der Waals surface area (Å²) in [5.74, 6) is -3.83. The average Bonchev–Trinajstić information content (AvgIpc) is 2.46. The number of hydrogen-bond donors (Lipinski definition) is 3. The molecule has 10 heteroatoms. The molecule has 0 aliphatic carbocycles. The molecule has 0 aliphatic rings. The lowest BCUT2D eigenvalue weighted by Crippen LogP contribution is -2.27. The molecular formula is C13H9F2N3O5. The number of amides is 1. The summed E-state index contributed by atoms with van der Waals surface area (Å²) in [6, 6.07) is 3.29. The number of aromatic amines is 2. The molecule has 1 heterocycles. The molecule has 1 aromatic heterocycles. The van der Waals surface area contributed by atoms with Crippen molar-refractivity contribution in [2.45, 2.75) is 0 Å². The molecule has 2 rings (SSSR count). The molecular weight excluding hydrogens is 316 g/mol. The monoisotopic (exact) mass is 325 g/mol. The summed E-state index contributed by atoms with van der Waals surface area (Å²) in [5.41, 5.74) is -2.47. The van der Waals surface area contributed by atoms with Crippen LogP contribution in [0.3, 0.4) is 0 Å². The number of halogens is 2. The Bertz CT molecular complexity index is 846. The van der Waals surface area contributed by atoms with Crippen molar-refractivity contribution in [3.8, 4) is 0 Å². The Morgan fingerprint density at radius 2 is 1.87 bits per heavy atom. The zero-order valence-corrected chi connectivity index (χ0v) is 11.3. The number of aromatic nitrogens is 2.